The lowest BCUT2D eigenvalue weighted by atomic mass is 10.1. The highest BCUT2D eigenvalue weighted by Gasteiger charge is 2.34. The van der Waals surface area contributed by atoms with Gasteiger partial charge in [0.25, 0.3) is 0 Å². The molecule has 204 valence electrons. The van der Waals surface area contributed by atoms with Gasteiger partial charge in [0.1, 0.15) is 12.6 Å². The maximum atomic E-state index is 13.9. The van der Waals surface area contributed by atoms with Crippen molar-refractivity contribution in [1.82, 2.24) is 14.5 Å². The lowest BCUT2D eigenvalue weighted by Gasteiger charge is -2.34. The van der Waals surface area contributed by atoms with E-state index in [1.807, 2.05) is 70.2 Å². The molecule has 2 aromatic rings. The summed E-state index contributed by atoms with van der Waals surface area (Å²) in [6.07, 6.45) is 2.76. The highest BCUT2D eigenvalue weighted by molar-refractivity contribution is 7.90. The van der Waals surface area contributed by atoms with Crippen LogP contribution in [0.2, 0.25) is 0 Å². The second kappa shape index (κ2) is 14.1. The van der Waals surface area contributed by atoms with Crippen molar-refractivity contribution in [3.05, 3.63) is 65.2 Å². The quantitative estimate of drug-likeness (QED) is 0.377. The fourth-order valence-corrected chi connectivity index (χ4v) is 5.21. The van der Waals surface area contributed by atoms with Gasteiger partial charge in [-0.25, -0.2) is 4.31 Å². The Bertz CT molecular complexity index is 1140. The number of hydrogen-bond acceptors (Lipinski definition) is 4. The zero-order valence-electron chi connectivity index (χ0n) is 23.0. The molecule has 2 aromatic carbocycles. The van der Waals surface area contributed by atoms with E-state index in [2.05, 4.69) is 5.32 Å². The molecule has 0 aliphatic heterocycles. The number of anilines is 1. The summed E-state index contributed by atoms with van der Waals surface area (Å²) in [6, 6.07) is 14.6. The molecule has 0 aromatic heterocycles. The van der Waals surface area contributed by atoms with E-state index >= 15 is 0 Å². The third kappa shape index (κ3) is 8.30. The average Bonchev–Trinajstić information content (AvgIpc) is 2.87. The molecule has 0 aliphatic carbocycles. The first-order valence-corrected chi connectivity index (χ1v) is 14.3. The van der Waals surface area contributed by atoms with Gasteiger partial charge in [-0.1, -0.05) is 62.7 Å². The van der Waals surface area contributed by atoms with Gasteiger partial charge in [-0.15, -0.1) is 0 Å². The summed E-state index contributed by atoms with van der Waals surface area (Å²) in [4.78, 5) is 28.5. The zero-order valence-corrected chi connectivity index (χ0v) is 23.8. The maximum absolute atomic E-state index is 13.9. The van der Waals surface area contributed by atoms with E-state index in [1.165, 1.54) is 19.0 Å². The fourth-order valence-electron chi connectivity index (χ4n) is 4.09. The van der Waals surface area contributed by atoms with Crippen molar-refractivity contribution >= 4 is 27.7 Å². The molecular weight excluding hydrogens is 488 g/mol. The molecule has 0 heterocycles. The Morgan fingerprint density at radius 3 is 2.27 bits per heavy atom. The smallest absolute Gasteiger partial charge is 0.304 e. The number of unbranched alkanes of at least 4 members (excludes halogenated alkanes) is 1. The van der Waals surface area contributed by atoms with Crippen molar-refractivity contribution in [2.45, 2.75) is 59.4 Å². The summed E-state index contributed by atoms with van der Waals surface area (Å²) >= 11 is 0. The van der Waals surface area contributed by atoms with E-state index in [0.717, 1.165) is 38.1 Å². The summed E-state index contributed by atoms with van der Waals surface area (Å²) in [5, 5.41) is 2.95. The molecule has 9 heteroatoms. The Hall–Kier alpha value is -2.91. The highest BCUT2D eigenvalue weighted by Crippen LogP contribution is 2.26. The van der Waals surface area contributed by atoms with Crippen LogP contribution in [-0.2, 0) is 26.2 Å². The van der Waals surface area contributed by atoms with Gasteiger partial charge in [0.15, 0.2) is 0 Å². The number of nitrogens with zero attached hydrogens (tertiary/aromatic N) is 3. The Morgan fingerprint density at radius 2 is 1.68 bits per heavy atom. The van der Waals surface area contributed by atoms with Crippen molar-refractivity contribution in [1.29, 1.82) is 0 Å². The van der Waals surface area contributed by atoms with Crippen molar-refractivity contribution in [3.8, 4) is 0 Å². The van der Waals surface area contributed by atoms with Crippen LogP contribution < -0.4 is 9.62 Å². The topological polar surface area (TPSA) is 90.0 Å². The predicted octanol–water partition coefficient (Wildman–Crippen LogP) is 3.68. The Balaban J connectivity index is 2.44. The Labute approximate surface area is 222 Å². The van der Waals surface area contributed by atoms with Gasteiger partial charge in [-0.3, -0.25) is 9.59 Å². The van der Waals surface area contributed by atoms with Crippen LogP contribution in [0.3, 0.4) is 0 Å². The standard InChI is InChI=1S/C28H42N4O4S/c1-7-9-18-29-28(34)25(8-2)31(19-17-24-13-11-10-12-14-24)27(33)21-32(37(35,36)30(5)6)26-20-22(3)15-16-23(26)4/h10-16,20,25H,7-9,17-19,21H2,1-6H3,(H,29,34)/t25-/m1/s1. The molecule has 0 saturated carbocycles. The summed E-state index contributed by atoms with van der Waals surface area (Å²) in [7, 11) is -1.09. The largest absolute Gasteiger partial charge is 0.354 e. The van der Waals surface area contributed by atoms with Gasteiger partial charge < -0.3 is 10.2 Å². The second-order valence-corrected chi connectivity index (χ2v) is 11.5. The molecule has 2 rings (SSSR count). The van der Waals surface area contributed by atoms with Crippen LogP contribution in [0.4, 0.5) is 5.69 Å². The van der Waals surface area contributed by atoms with Crippen molar-refractivity contribution in [2.24, 2.45) is 0 Å². The minimum atomic E-state index is -3.98. The summed E-state index contributed by atoms with van der Waals surface area (Å²) < 4.78 is 29.0. The lowest BCUT2D eigenvalue weighted by molar-refractivity contribution is -0.139. The van der Waals surface area contributed by atoms with E-state index in [9.17, 15) is 18.0 Å². The highest BCUT2D eigenvalue weighted by atomic mass is 32.2. The molecule has 0 radical (unpaired) electrons. The first-order chi connectivity index (χ1) is 17.5. The van der Waals surface area contributed by atoms with E-state index in [4.69, 9.17) is 0 Å². The first kappa shape index (κ1) is 30.3. The molecule has 0 saturated heterocycles. The van der Waals surface area contributed by atoms with E-state index < -0.39 is 28.7 Å². The number of rotatable bonds is 14. The molecule has 0 fully saturated rings. The number of carbonyl (C=O) groups excluding carboxylic acids is 2. The maximum Gasteiger partial charge on any atom is 0.304 e. The van der Waals surface area contributed by atoms with Crippen LogP contribution in [0.5, 0.6) is 0 Å². The predicted molar refractivity (Wildman–Crippen MR) is 150 cm³/mol. The van der Waals surface area contributed by atoms with E-state index in [1.54, 1.807) is 6.07 Å². The Kier molecular flexibility index (Phi) is 11.6. The molecule has 0 unspecified atom stereocenters. The van der Waals surface area contributed by atoms with Gasteiger partial charge in [0.2, 0.25) is 11.8 Å². The van der Waals surface area contributed by atoms with Crippen LogP contribution in [0, 0.1) is 13.8 Å². The van der Waals surface area contributed by atoms with Crippen molar-refractivity contribution in [3.63, 3.8) is 0 Å². The normalized spacial score (nSPS) is 12.3. The molecule has 1 N–H and O–H groups in total. The molecule has 1 atom stereocenters. The van der Waals surface area contributed by atoms with Crippen LogP contribution in [0.1, 0.15) is 49.8 Å². The van der Waals surface area contributed by atoms with Gasteiger partial charge in [-0.2, -0.15) is 12.7 Å². The van der Waals surface area contributed by atoms with Crippen LogP contribution in [0.25, 0.3) is 0 Å². The molecule has 8 nitrogen and oxygen atoms in total. The number of nitrogens with one attached hydrogen (secondary N) is 1. The first-order valence-electron chi connectivity index (χ1n) is 12.9. The minimum Gasteiger partial charge on any atom is -0.354 e. The lowest BCUT2D eigenvalue weighted by Crippen LogP contribution is -2.54. The van der Waals surface area contributed by atoms with Crippen molar-refractivity contribution < 1.29 is 18.0 Å². The number of hydrogen-bond donors (Lipinski definition) is 1. The number of amides is 2. The summed E-state index contributed by atoms with van der Waals surface area (Å²) in [5.41, 5.74) is 3.11. The molecular formula is C28H42N4O4S. The van der Waals surface area contributed by atoms with Gasteiger partial charge in [0.05, 0.1) is 5.69 Å². The molecule has 0 bridgehead atoms. The van der Waals surface area contributed by atoms with Crippen LogP contribution in [-0.4, -0.2) is 69.2 Å². The third-order valence-corrected chi connectivity index (χ3v) is 8.16. The molecule has 0 aliphatic rings. The monoisotopic (exact) mass is 530 g/mol. The van der Waals surface area contributed by atoms with Crippen molar-refractivity contribution in [2.75, 3.05) is 38.0 Å². The second-order valence-electron chi connectivity index (χ2n) is 9.48. The molecule has 0 spiro atoms. The molecule has 2 amide bonds. The molecule has 37 heavy (non-hydrogen) atoms. The number of benzene rings is 2. The van der Waals surface area contributed by atoms with Crippen LogP contribution >= 0.6 is 0 Å². The zero-order chi connectivity index (χ0) is 27.6. The average molecular weight is 531 g/mol. The van der Waals surface area contributed by atoms with E-state index in [-0.39, 0.29) is 5.91 Å². The van der Waals surface area contributed by atoms with Crippen LogP contribution in [0.15, 0.2) is 48.5 Å². The number of carbonyl (C=O) groups is 2. The fraction of sp³-hybridized carbons (Fsp3) is 0.500. The van der Waals surface area contributed by atoms with E-state index in [0.29, 0.717) is 31.6 Å². The van der Waals surface area contributed by atoms with Gasteiger partial charge in [-0.05, 0) is 55.9 Å². The van der Waals surface area contributed by atoms with Gasteiger partial charge in [0, 0.05) is 27.2 Å². The number of aryl methyl sites for hydroxylation is 2. The summed E-state index contributed by atoms with van der Waals surface area (Å²) in [6.45, 7) is 8.05. The Morgan fingerprint density at radius 1 is 1.00 bits per heavy atom. The van der Waals surface area contributed by atoms with Gasteiger partial charge >= 0.3 is 10.2 Å². The third-order valence-electron chi connectivity index (χ3n) is 6.35. The minimum absolute atomic E-state index is 0.217. The SMILES string of the molecule is CCCCNC(=O)[C@@H](CC)N(CCc1ccccc1)C(=O)CN(c1cc(C)ccc1C)S(=O)(=O)N(C)C. The summed E-state index contributed by atoms with van der Waals surface area (Å²) in [5.74, 6) is -0.633.